The van der Waals surface area contributed by atoms with Crippen molar-refractivity contribution >= 4 is 17.9 Å². The van der Waals surface area contributed by atoms with E-state index in [2.05, 4.69) is 47.5 Å². The quantitative estimate of drug-likeness (QED) is 0.888. The highest BCUT2D eigenvalue weighted by Crippen LogP contribution is 2.39. The summed E-state index contributed by atoms with van der Waals surface area (Å²) in [6, 6.07) is 10.6. The summed E-state index contributed by atoms with van der Waals surface area (Å²) < 4.78 is 0. The number of carbonyl (C=O) groups is 2. The molecule has 0 saturated carbocycles. The molecule has 1 aromatic carbocycles. The molecule has 0 aliphatic carbocycles. The Morgan fingerprint density at radius 2 is 1.81 bits per heavy atom. The van der Waals surface area contributed by atoms with Gasteiger partial charge in [0.2, 0.25) is 11.8 Å². The first-order valence-corrected chi connectivity index (χ1v) is 9.88. The van der Waals surface area contributed by atoms with Crippen LogP contribution in [0, 0.1) is 0 Å². The van der Waals surface area contributed by atoms with Crippen molar-refractivity contribution in [2.75, 3.05) is 26.2 Å². The lowest BCUT2D eigenvalue weighted by Crippen LogP contribution is -2.53. The van der Waals surface area contributed by atoms with Crippen LogP contribution in [0.2, 0.25) is 0 Å². The lowest BCUT2D eigenvalue weighted by atomic mass is 9.83. The van der Waals surface area contributed by atoms with Gasteiger partial charge in [-0.25, -0.2) is 0 Å². The van der Waals surface area contributed by atoms with Crippen LogP contribution in [0.15, 0.2) is 35.9 Å². The molecule has 0 aromatic heterocycles. The van der Waals surface area contributed by atoms with Gasteiger partial charge < -0.3 is 10.2 Å². The van der Waals surface area contributed by atoms with E-state index in [1.54, 1.807) is 13.8 Å². The van der Waals surface area contributed by atoms with E-state index in [0.717, 1.165) is 45.4 Å². The first-order valence-electron chi connectivity index (χ1n) is 9.88. The fourth-order valence-electron chi connectivity index (χ4n) is 4.67. The van der Waals surface area contributed by atoms with E-state index < -0.39 is 0 Å². The van der Waals surface area contributed by atoms with Gasteiger partial charge in [0.25, 0.3) is 0 Å². The maximum atomic E-state index is 11.7. The number of carbonyl (C=O) groups excluding carboxylic acids is 2. The fourth-order valence-corrected chi connectivity index (χ4v) is 4.67. The Morgan fingerprint density at radius 3 is 2.41 bits per heavy atom. The standard InChI is InChI=1S/C22H31N3O2/c1-17(13-20-7-5-4-6-8-20)15-25-16-21(23-18(2)26)14-22(25)9-11-24(12-10-22)19(3)27/h4-8,13,21H,9-12,14-16H2,1-3H3,(H,23,26). The van der Waals surface area contributed by atoms with Gasteiger partial charge in [-0.2, -0.15) is 0 Å². The monoisotopic (exact) mass is 369 g/mol. The molecule has 0 bridgehead atoms. The van der Waals surface area contributed by atoms with Gasteiger partial charge in [-0.1, -0.05) is 42.0 Å². The zero-order chi connectivity index (χ0) is 19.4. The van der Waals surface area contributed by atoms with Gasteiger partial charge in [0, 0.05) is 51.6 Å². The second kappa shape index (κ2) is 8.26. The molecule has 2 heterocycles. The highest BCUT2D eigenvalue weighted by Gasteiger charge is 2.47. The predicted octanol–water partition coefficient (Wildman–Crippen LogP) is 2.68. The molecule has 0 radical (unpaired) electrons. The van der Waals surface area contributed by atoms with Gasteiger partial charge in [-0.3, -0.25) is 14.5 Å². The molecule has 5 nitrogen and oxygen atoms in total. The number of rotatable bonds is 4. The number of hydrogen-bond donors (Lipinski definition) is 1. The molecule has 5 heteroatoms. The van der Waals surface area contributed by atoms with Crippen molar-refractivity contribution in [3.8, 4) is 0 Å². The van der Waals surface area contributed by atoms with Crippen LogP contribution in [-0.2, 0) is 9.59 Å². The van der Waals surface area contributed by atoms with Crippen LogP contribution < -0.4 is 5.32 Å². The molecular weight excluding hydrogens is 338 g/mol. The smallest absolute Gasteiger partial charge is 0.219 e. The molecule has 1 spiro atoms. The second-order valence-electron chi connectivity index (χ2n) is 8.11. The lowest BCUT2D eigenvalue weighted by Gasteiger charge is -2.45. The van der Waals surface area contributed by atoms with E-state index in [-0.39, 0.29) is 23.4 Å². The second-order valence-corrected chi connectivity index (χ2v) is 8.11. The van der Waals surface area contributed by atoms with Crippen LogP contribution >= 0.6 is 0 Å². The van der Waals surface area contributed by atoms with Crippen molar-refractivity contribution in [3.63, 3.8) is 0 Å². The van der Waals surface area contributed by atoms with Crippen LogP contribution in [0.25, 0.3) is 6.08 Å². The minimum Gasteiger partial charge on any atom is -0.352 e. The minimum atomic E-state index is 0.0368. The van der Waals surface area contributed by atoms with Crippen molar-refractivity contribution in [1.29, 1.82) is 0 Å². The van der Waals surface area contributed by atoms with E-state index >= 15 is 0 Å². The molecule has 27 heavy (non-hydrogen) atoms. The molecule has 2 aliphatic rings. The van der Waals surface area contributed by atoms with Gasteiger partial charge >= 0.3 is 0 Å². The fraction of sp³-hybridized carbons (Fsp3) is 0.545. The zero-order valence-corrected chi connectivity index (χ0v) is 16.7. The number of likely N-dealkylation sites (tertiary alicyclic amines) is 2. The van der Waals surface area contributed by atoms with E-state index in [4.69, 9.17) is 0 Å². The summed E-state index contributed by atoms with van der Waals surface area (Å²) in [6.07, 6.45) is 5.16. The van der Waals surface area contributed by atoms with Crippen molar-refractivity contribution in [1.82, 2.24) is 15.1 Å². The number of amides is 2. The SMILES string of the molecule is CC(=O)NC1CN(CC(C)=Cc2ccccc2)C2(CCN(C(C)=O)CC2)C1. The summed E-state index contributed by atoms with van der Waals surface area (Å²) >= 11 is 0. The number of nitrogens with zero attached hydrogens (tertiary/aromatic N) is 2. The van der Waals surface area contributed by atoms with Crippen LogP contribution in [0.3, 0.4) is 0 Å². The van der Waals surface area contributed by atoms with E-state index in [9.17, 15) is 9.59 Å². The summed E-state index contributed by atoms with van der Waals surface area (Å²) in [5.74, 6) is 0.197. The van der Waals surface area contributed by atoms with Crippen LogP contribution in [0.5, 0.6) is 0 Å². The lowest BCUT2D eigenvalue weighted by molar-refractivity contribution is -0.131. The van der Waals surface area contributed by atoms with E-state index in [1.165, 1.54) is 11.1 Å². The molecule has 3 rings (SSSR count). The number of benzene rings is 1. The van der Waals surface area contributed by atoms with E-state index in [0.29, 0.717) is 0 Å². The molecule has 2 aliphatic heterocycles. The first kappa shape index (κ1) is 19.6. The third kappa shape index (κ3) is 4.78. The first-order chi connectivity index (χ1) is 12.9. The predicted molar refractivity (Wildman–Crippen MR) is 108 cm³/mol. The van der Waals surface area contributed by atoms with E-state index in [1.807, 2.05) is 11.0 Å². The highest BCUT2D eigenvalue weighted by atomic mass is 16.2. The van der Waals surface area contributed by atoms with Gasteiger partial charge in [0.15, 0.2) is 0 Å². The zero-order valence-electron chi connectivity index (χ0n) is 16.7. The third-order valence-corrected chi connectivity index (χ3v) is 5.94. The summed E-state index contributed by atoms with van der Waals surface area (Å²) in [4.78, 5) is 27.8. The molecule has 1 N–H and O–H groups in total. The highest BCUT2D eigenvalue weighted by molar-refractivity contribution is 5.73. The molecule has 1 aromatic rings. The Bertz CT molecular complexity index is 706. The molecule has 2 amide bonds. The topological polar surface area (TPSA) is 52.7 Å². The van der Waals surface area contributed by atoms with Gasteiger partial charge in [-0.15, -0.1) is 0 Å². The maximum absolute atomic E-state index is 11.7. The Balaban J connectivity index is 1.74. The van der Waals surface area contributed by atoms with Gasteiger partial charge in [-0.05, 0) is 31.7 Å². The average molecular weight is 370 g/mol. The normalized spacial score (nSPS) is 22.9. The number of nitrogens with one attached hydrogen (secondary N) is 1. The molecule has 2 saturated heterocycles. The molecule has 2 fully saturated rings. The Kier molecular flexibility index (Phi) is 6.00. The molecule has 1 unspecified atom stereocenters. The van der Waals surface area contributed by atoms with Crippen molar-refractivity contribution in [2.45, 2.75) is 51.6 Å². The minimum absolute atomic E-state index is 0.0368. The Labute approximate surface area is 162 Å². The van der Waals surface area contributed by atoms with Crippen molar-refractivity contribution in [3.05, 3.63) is 41.5 Å². The molecule has 146 valence electrons. The van der Waals surface area contributed by atoms with Crippen LogP contribution in [-0.4, -0.2) is 59.4 Å². The van der Waals surface area contributed by atoms with Crippen molar-refractivity contribution in [2.24, 2.45) is 0 Å². The summed E-state index contributed by atoms with van der Waals surface area (Å²) in [5, 5.41) is 3.12. The number of hydrogen-bond acceptors (Lipinski definition) is 3. The van der Waals surface area contributed by atoms with Crippen LogP contribution in [0.1, 0.15) is 45.6 Å². The average Bonchev–Trinajstić information content (AvgIpc) is 2.91. The summed E-state index contributed by atoms with van der Waals surface area (Å²) in [7, 11) is 0. The Hall–Kier alpha value is -2.14. The maximum Gasteiger partial charge on any atom is 0.219 e. The van der Waals surface area contributed by atoms with Crippen LogP contribution in [0.4, 0.5) is 0 Å². The summed E-state index contributed by atoms with van der Waals surface area (Å²) in [6.45, 7) is 8.80. The molecule has 1 atom stereocenters. The summed E-state index contributed by atoms with van der Waals surface area (Å²) in [5.41, 5.74) is 2.61. The third-order valence-electron chi connectivity index (χ3n) is 5.94. The van der Waals surface area contributed by atoms with Gasteiger partial charge in [0.05, 0.1) is 0 Å². The Morgan fingerprint density at radius 1 is 1.15 bits per heavy atom. The number of piperidine rings is 1. The largest absolute Gasteiger partial charge is 0.352 e. The molecular formula is C22H31N3O2. The van der Waals surface area contributed by atoms with Gasteiger partial charge in [0.1, 0.15) is 0 Å². The van der Waals surface area contributed by atoms with Crippen molar-refractivity contribution < 1.29 is 9.59 Å².